The van der Waals surface area contributed by atoms with Crippen molar-refractivity contribution in [3.05, 3.63) is 29.8 Å². The van der Waals surface area contributed by atoms with Gasteiger partial charge < -0.3 is 15.6 Å². The largest absolute Gasteiger partial charge is 0.497 e. The van der Waals surface area contributed by atoms with Gasteiger partial charge in [-0.1, -0.05) is 28.1 Å². The molecule has 0 aliphatic rings. The number of alkyl halides is 1. The van der Waals surface area contributed by atoms with E-state index in [1.54, 1.807) is 31.4 Å². The van der Waals surface area contributed by atoms with Crippen molar-refractivity contribution in [3.63, 3.8) is 0 Å². The summed E-state index contributed by atoms with van der Waals surface area (Å²) in [6.07, 6.45) is -0.689. The van der Waals surface area contributed by atoms with Crippen LogP contribution in [0.5, 0.6) is 5.75 Å². The normalized spacial score (nSPS) is 15.1. The average Bonchev–Trinajstić information content (AvgIpc) is 2.17. The minimum absolute atomic E-state index is 0.444. The highest BCUT2D eigenvalue weighted by Crippen LogP contribution is 2.21. The van der Waals surface area contributed by atoms with Crippen LogP contribution in [0, 0.1) is 0 Å². The minimum Gasteiger partial charge on any atom is -0.497 e. The number of methoxy groups -OCH3 is 1. The molecule has 0 fully saturated rings. The van der Waals surface area contributed by atoms with E-state index in [1.807, 2.05) is 0 Å². The van der Waals surface area contributed by atoms with Gasteiger partial charge in [0.05, 0.1) is 12.1 Å². The monoisotopic (exact) mass is 245 g/mol. The summed E-state index contributed by atoms with van der Waals surface area (Å²) in [4.78, 5) is -0.444. The number of aliphatic hydroxyl groups is 1. The Morgan fingerprint density at radius 1 is 1.38 bits per heavy atom. The highest BCUT2D eigenvalue weighted by Gasteiger charge is 2.13. The molecule has 1 rings (SSSR count). The van der Waals surface area contributed by atoms with Crippen LogP contribution in [0.25, 0.3) is 0 Å². The predicted molar refractivity (Wildman–Crippen MR) is 54.9 cm³/mol. The fourth-order valence-electron chi connectivity index (χ4n) is 0.985. The van der Waals surface area contributed by atoms with Gasteiger partial charge in [0.25, 0.3) is 0 Å². The van der Waals surface area contributed by atoms with Gasteiger partial charge in [-0.15, -0.1) is 0 Å². The molecule has 4 heteroatoms. The number of aliphatic hydroxyl groups excluding tert-OH is 1. The lowest BCUT2D eigenvalue weighted by molar-refractivity contribution is 0.178. The number of nitrogens with two attached hydrogens (primary N) is 1. The molecule has 72 valence electrons. The van der Waals surface area contributed by atoms with E-state index in [0.29, 0.717) is 0 Å². The fourth-order valence-corrected chi connectivity index (χ4v) is 1.29. The molecular formula is C9H12BrNO2. The summed E-state index contributed by atoms with van der Waals surface area (Å²) >= 11 is 3.11. The van der Waals surface area contributed by atoms with Crippen molar-refractivity contribution < 1.29 is 9.84 Å². The zero-order valence-electron chi connectivity index (χ0n) is 7.27. The molecular weight excluding hydrogens is 234 g/mol. The number of hydrogen-bond donors (Lipinski definition) is 2. The van der Waals surface area contributed by atoms with E-state index < -0.39 is 11.1 Å². The quantitative estimate of drug-likeness (QED) is 0.626. The van der Waals surface area contributed by atoms with Gasteiger partial charge in [-0.05, 0) is 17.7 Å². The van der Waals surface area contributed by atoms with Gasteiger partial charge in [-0.3, -0.25) is 0 Å². The molecule has 0 saturated heterocycles. The molecule has 0 bridgehead atoms. The molecule has 2 atom stereocenters. The van der Waals surface area contributed by atoms with Crippen LogP contribution in [-0.4, -0.2) is 17.2 Å². The lowest BCUT2D eigenvalue weighted by Crippen LogP contribution is -2.21. The molecule has 0 aliphatic carbocycles. The molecule has 0 amide bonds. The first-order valence-electron chi connectivity index (χ1n) is 3.87. The zero-order valence-corrected chi connectivity index (χ0v) is 8.86. The fraction of sp³-hybridized carbons (Fsp3) is 0.333. The Morgan fingerprint density at radius 3 is 2.31 bits per heavy atom. The van der Waals surface area contributed by atoms with Crippen LogP contribution in [-0.2, 0) is 0 Å². The molecule has 0 radical (unpaired) electrons. The summed E-state index contributed by atoms with van der Waals surface area (Å²) in [5, 5.41) is 9.55. The summed E-state index contributed by atoms with van der Waals surface area (Å²) in [5.41, 5.74) is 6.24. The maximum Gasteiger partial charge on any atom is 0.118 e. The molecule has 13 heavy (non-hydrogen) atoms. The maximum atomic E-state index is 9.55. The molecule has 1 aromatic rings. The van der Waals surface area contributed by atoms with Gasteiger partial charge in [-0.25, -0.2) is 0 Å². The molecule has 3 N–H and O–H groups in total. The summed E-state index contributed by atoms with van der Waals surface area (Å²) in [5.74, 6) is 0.763. The highest BCUT2D eigenvalue weighted by atomic mass is 79.9. The third kappa shape index (κ3) is 2.69. The van der Waals surface area contributed by atoms with E-state index in [2.05, 4.69) is 15.9 Å². The van der Waals surface area contributed by atoms with Gasteiger partial charge in [-0.2, -0.15) is 0 Å². The number of halogens is 1. The van der Waals surface area contributed by atoms with Gasteiger partial charge in [0.15, 0.2) is 0 Å². The first kappa shape index (κ1) is 10.5. The zero-order chi connectivity index (χ0) is 9.84. The van der Waals surface area contributed by atoms with Crippen LogP contribution in [0.1, 0.15) is 11.7 Å². The molecule has 0 aromatic heterocycles. The molecule has 0 saturated carbocycles. The van der Waals surface area contributed by atoms with Gasteiger partial charge >= 0.3 is 0 Å². The van der Waals surface area contributed by atoms with Crippen LogP contribution in [0.15, 0.2) is 24.3 Å². The van der Waals surface area contributed by atoms with Crippen LogP contribution >= 0.6 is 15.9 Å². The summed E-state index contributed by atoms with van der Waals surface area (Å²) in [6, 6.07) is 7.14. The SMILES string of the molecule is COc1ccc(C(O)[C@H](N)Br)cc1. The second-order valence-electron chi connectivity index (χ2n) is 2.66. The Morgan fingerprint density at radius 2 is 1.92 bits per heavy atom. The second-order valence-corrected chi connectivity index (χ2v) is 3.72. The van der Waals surface area contributed by atoms with Crippen molar-refractivity contribution in [2.24, 2.45) is 5.73 Å². The molecule has 0 spiro atoms. The van der Waals surface area contributed by atoms with Gasteiger partial charge in [0.2, 0.25) is 0 Å². The number of rotatable bonds is 3. The van der Waals surface area contributed by atoms with Crippen LogP contribution in [0.2, 0.25) is 0 Å². The average molecular weight is 246 g/mol. The van der Waals surface area contributed by atoms with E-state index in [9.17, 15) is 5.11 Å². The van der Waals surface area contributed by atoms with Crippen molar-refractivity contribution in [1.29, 1.82) is 0 Å². The minimum atomic E-state index is -0.689. The first-order valence-corrected chi connectivity index (χ1v) is 4.78. The van der Waals surface area contributed by atoms with Crippen molar-refractivity contribution in [1.82, 2.24) is 0 Å². The number of ether oxygens (including phenoxy) is 1. The van der Waals surface area contributed by atoms with Gasteiger partial charge in [0, 0.05) is 0 Å². The lowest BCUT2D eigenvalue weighted by atomic mass is 10.1. The third-order valence-corrected chi connectivity index (χ3v) is 2.26. The maximum absolute atomic E-state index is 9.55. The third-order valence-electron chi connectivity index (χ3n) is 1.76. The van der Waals surface area contributed by atoms with E-state index in [-0.39, 0.29) is 0 Å². The molecule has 0 heterocycles. The Labute approximate surface area is 85.6 Å². The standard InChI is InChI=1S/C9H12BrNO2/c1-13-7-4-2-6(3-5-7)8(12)9(10)11/h2-5,8-9,12H,11H2,1H3/t8?,9-/m0/s1. The Balaban J connectivity index is 2.79. The molecule has 1 aromatic carbocycles. The van der Waals surface area contributed by atoms with Crippen LogP contribution < -0.4 is 10.5 Å². The highest BCUT2D eigenvalue weighted by molar-refractivity contribution is 9.09. The van der Waals surface area contributed by atoms with Crippen LogP contribution in [0.3, 0.4) is 0 Å². The number of hydrogen-bond acceptors (Lipinski definition) is 3. The molecule has 1 unspecified atom stereocenters. The van der Waals surface area contributed by atoms with Crippen molar-refractivity contribution in [3.8, 4) is 5.75 Å². The summed E-state index contributed by atoms with van der Waals surface area (Å²) in [7, 11) is 1.60. The van der Waals surface area contributed by atoms with Crippen molar-refractivity contribution in [2.45, 2.75) is 11.1 Å². The Hall–Kier alpha value is -0.580. The van der Waals surface area contributed by atoms with Gasteiger partial charge in [0.1, 0.15) is 11.9 Å². The van der Waals surface area contributed by atoms with E-state index in [4.69, 9.17) is 10.5 Å². The molecule has 0 aliphatic heterocycles. The summed E-state index contributed by atoms with van der Waals surface area (Å²) < 4.78 is 4.98. The van der Waals surface area contributed by atoms with E-state index in [0.717, 1.165) is 11.3 Å². The Kier molecular flexibility index (Phi) is 3.71. The second kappa shape index (κ2) is 4.60. The molecule has 3 nitrogen and oxygen atoms in total. The predicted octanol–water partition coefficient (Wildman–Crippen LogP) is 1.41. The van der Waals surface area contributed by atoms with Crippen LogP contribution in [0.4, 0.5) is 0 Å². The first-order chi connectivity index (χ1) is 6.15. The van der Waals surface area contributed by atoms with Crippen molar-refractivity contribution >= 4 is 15.9 Å². The smallest absolute Gasteiger partial charge is 0.118 e. The van der Waals surface area contributed by atoms with E-state index >= 15 is 0 Å². The van der Waals surface area contributed by atoms with E-state index in [1.165, 1.54) is 0 Å². The lowest BCUT2D eigenvalue weighted by Gasteiger charge is -2.13. The van der Waals surface area contributed by atoms with Crippen molar-refractivity contribution in [2.75, 3.05) is 7.11 Å². The topological polar surface area (TPSA) is 55.5 Å². The Bertz CT molecular complexity index is 261. The number of benzene rings is 1. The summed E-state index contributed by atoms with van der Waals surface area (Å²) in [6.45, 7) is 0.